The number of rotatable bonds is 10. The monoisotopic (exact) mass is 561 g/mol. The molecule has 0 aliphatic carbocycles. The number of hydrogen-bond acceptors (Lipinski definition) is 4. The number of carbonyl (C=O) groups is 2. The second-order valence-corrected chi connectivity index (χ2v) is 11.1. The van der Waals surface area contributed by atoms with E-state index >= 15 is 0 Å². The van der Waals surface area contributed by atoms with Crippen LogP contribution in [0.3, 0.4) is 0 Å². The summed E-state index contributed by atoms with van der Waals surface area (Å²) in [5.41, 5.74) is 1.62. The Morgan fingerprint density at radius 3 is 2.24 bits per heavy atom. The number of sulfonamides is 1. The van der Waals surface area contributed by atoms with E-state index in [0.29, 0.717) is 33.4 Å². The molecule has 37 heavy (non-hydrogen) atoms. The molecule has 7 nitrogen and oxygen atoms in total. The molecule has 0 aliphatic rings. The van der Waals surface area contributed by atoms with Crippen LogP contribution in [0.25, 0.3) is 0 Å². The average Bonchev–Trinajstić information content (AvgIpc) is 2.87. The van der Waals surface area contributed by atoms with Crippen LogP contribution in [0.2, 0.25) is 10.0 Å². The molecular formula is C27H29Cl2N3O4S. The van der Waals surface area contributed by atoms with E-state index in [1.165, 1.54) is 17.0 Å². The Morgan fingerprint density at radius 2 is 1.62 bits per heavy atom. The Balaban J connectivity index is 2.05. The van der Waals surface area contributed by atoms with Crippen LogP contribution in [-0.4, -0.2) is 44.3 Å². The van der Waals surface area contributed by atoms with E-state index in [1.807, 2.05) is 0 Å². The number of nitrogens with one attached hydrogen (secondary N) is 1. The number of likely N-dealkylation sites (N-methyl/N-ethyl adjacent to an activating group) is 1. The van der Waals surface area contributed by atoms with Crippen molar-refractivity contribution in [3.8, 4) is 0 Å². The lowest BCUT2D eigenvalue weighted by molar-refractivity contribution is -0.139. The smallest absolute Gasteiger partial charge is 0.264 e. The Kier molecular flexibility index (Phi) is 9.59. The van der Waals surface area contributed by atoms with Crippen molar-refractivity contribution in [2.45, 2.75) is 38.3 Å². The molecule has 1 N–H and O–H groups in total. The molecule has 0 aromatic heterocycles. The molecular weight excluding hydrogens is 533 g/mol. The van der Waals surface area contributed by atoms with E-state index in [-0.39, 0.29) is 17.3 Å². The first-order chi connectivity index (χ1) is 17.6. The second-order valence-electron chi connectivity index (χ2n) is 8.44. The second kappa shape index (κ2) is 12.4. The van der Waals surface area contributed by atoms with Crippen LogP contribution in [0.5, 0.6) is 0 Å². The highest BCUT2D eigenvalue weighted by molar-refractivity contribution is 7.92. The van der Waals surface area contributed by atoms with E-state index in [2.05, 4.69) is 5.32 Å². The quantitative estimate of drug-likeness (QED) is 0.375. The van der Waals surface area contributed by atoms with Crippen LogP contribution in [-0.2, 0) is 26.2 Å². The summed E-state index contributed by atoms with van der Waals surface area (Å²) in [7, 11) is -4.11. The first-order valence-corrected chi connectivity index (χ1v) is 13.9. The largest absolute Gasteiger partial charge is 0.355 e. The number of carbonyl (C=O) groups excluding carboxylic acids is 2. The first-order valence-electron chi connectivity index (χ1n) is 11.7. The van der Waals surface area contributed by atoms with Crippen LogP contribution in [0.4, 0.5) is 5.69 Å². The van der Waals surface area contributed by atoms with E-state index in [4.69, 9.17) is 23.2 Å². The molecule has 3 aromatic carbocycles. The summed E-state index contributed by atoms with van der Waals surface area (Å²) in [5, 5.41) is 3.49. The normalized spacial score (nSPS) is 12.0. The van der Waals surface area contributed by atoms with Gasteiger partial charge in [0.15, 0.2) is 0 Å². The molecule has 0 spiro atoms. The van der Waals surface area contributed by atoms with Gasteiger partial charge < -0.3 is 10.2 Å². The number of aryl methyl sites for hydroxylation is 1. The summed E-state index contributed by atoms with van der Waals surface area (Å²) < 4.78 is 28.6. The van der Waals surface area contributed by atoms with Gasteiger partial charge in [0, 0.05) is 23.1 Å². The molecule has 3 aromatic rings. The molecule has 0 aliphatic heterocycles. The highest BCUT2D eigenvalue weighted by atomic mass is 35.5. The minimum absolute atomic E-state index is 0.0138. The molecule has 0 saturated carbocycles. The van der Waals surface area contributed by atoms with E-state index in [1.54, 1.807) is 81.4 Å². The molecule has 0 saturated heterocycles. The molecule has 1 atom stereocenters. The van der Waals surface area contributed by atoms with Gasteiger partial charge in [-0.3, -0.25) is 13.9 Å². The zero-order valence-electron chi connectivity index (χ0n) is 20.8. The molecule has 1 unspecified atom stereocenters. The van der Waals surface area contributed by atoms with E-state index < -0.39 is 28.5 Å². The van der Waals surface area contributed by atoms with Crippen LogP contribution in [0.15, 0.2) is 77.7 Å². The lowest BCUT2D eigenvalue weighted by atomic mass is 10.1. The lowest BCUT2D eigenvalue weighted by Gasteiger charge is -2.32. The fraction of sp³-hybridized carbons (Fsp3) is 0.259. The number of amides is 2. The lowest BCUT2D eigenvalue weighted by Crippen LogP contribution is -2.51. The standard InChI is InChI=1S/C27H29Cl2N3O4S/c1-4-30-27(34)20(3)31(17-21-14-15-22(28)16-24(21)29)26(33)18-32(25-13-9-8-10-19(25)2)37(35,36)23-11-6-5-7-12-23/h5-16,20H,4,17-18H2,1-3H3,(H,30,34). The highest BCUT2D eigenvalue weighted by Crippen LogP contribution is 2.28. The Bertz CT molecular complexity index is 1370. The molecule has 0 radical (unpaired) electrons. The van der Waals surface area contributed by atoms with Gasteiger partial charge in [-0.2, -0.15) is 0 Å². The van der Waals surface area contributed by atoms with Crippen LogP contribution in [0.1, 0.15) is 25.0 Å². The number of halogens is 2. The van der Waals surface area contributed by atoms with Gasteiger partial charge >= 0.3 is 0 Å². The number of nitrogens with zero attached hydrogens (tertiary/aromatic N) is 2. The molecule has 2 amide bonds. The maximum absolute atomic E-state index is 13.8. The zero-order valence-corrected chi connectivity index (χ0v) is 23.1. The summed E-state index contributed by atoms with van der Waals surface area (Å²) >= 11 is 12.4. The summed E-state index contributed by atoms with van der Waals surface area (Å²) in [4.78, 5) is 28.0. The van der Waals surface area contributed by atoms with Crippen LogP contribution in [0, 0.1) is 6.92 Å². The molecule has 0 bridgehead atoms. The summed E-state index contributed by atoms with van der Waals surface area (Å²) in [5.74, 6) is -0.929. The van der Waals surface area contributed by atoms with Crippen molar-refractivity contribution in [3.63, 3.8) is 0 Å². The number of para-hydroxylation sites is 1. The Labute approximate surface area is 228 Å². The van der Waals surface area contributed by atoms with Crippen molar-refractivity contribution in [2.75, 3.05) is 17.4 Å². The fourth-order valence-corrected chi connectivity index (χ4v) is 5.78. The maximum Gasteiger partial charge on any atom is 0.264 e. The third kappa shape index (κ3) is 6.83. The van der Waals surface area contributed by atoms with Crippen molar-refractivity contribution in [3.05, 3.63) is 94.0 Å². The molecule has 0 fully saturated rings. The molecule has 196 valence electrons. The van der Waals surface area contributed by atoms with E-state index in [0.717, 1.165) is 4.31 Å². The van der Waals surface area contributed by atoms with Crippen LogP contribution >= 0.6 is 23.2 Å². The minimum atomic E-state index is -4.11. The Morgan fingerprint density at radius 1 is 0.973 bits per heavy atom. The molecule has 10 heteroatoms. The van der Waals surface area contributed by atoms with Gasteiger partial charge in [-0.05, 0) is 62.2 Å². The SMILES string of the molecule is CCNC(=O)C(C)N(Cc1ccc(Cl)cc1Cl)C(=O)CN(c1ccccc1C)S(=O)(=O)c1ccccc1. The zero-order chi connectivity index (χ0) is 27.2. The Hall–Kier alpha value is -3.07. The topological polar surface area (TPSA) is 86.8 Å². The van der Waals surface area contributed by atoms with Crippen molar-refractivity contribution in [1.29, 1.82) is 0 Å². The van der Waals surface area contributed by atoms with Gasteiger partial charge in [0.1, 0.15) is 12.6 Å². The summed E-state index contributed by atoms with van der Waals surface area (Å²) in [6, 6.07) is 18.8. The number of hydrogen-bond donors (Lipinski definition) is 1. The van der Waals surface area contributed by atoms with E-state index in [9.17, 15) is 18.0 Å². The van der Waals surface area contributed by atoms with Gasteiger partial charge in [0.25, 0.3) is 10.0 Å². The van der Waals surface area contributed by atoms with Gasteiger partial charge in [0.05, 0.1) is 10.6 Å². The third-order valence-electron chi connectivity index (χ3n) is 5.87. The van der Waals surface area contributed by atoms with Gasteiger partial charge in [-0.1, -0.05) is 65.7 Å². The maximum atomic E-state index is 13.8. The minimum Gasteiger partial charge on any atom is -0.355 e. The van der Waals surface area contributed by atoms with Crippen molar-refractivity contribution in [2.24, 2.45) is 0 Å². The van der Waals surface area contributed by atoms with Gasteiger partial charge in [-0.25, -0.2) is 8.42 Å². The summed E-state index contributed by atoms with van der Waals surface area (Å²) in [6.45, 7) is 4.99. The van der Waals surface area contributed by atoms with Gasteiger partial charge in [-0.15, -0.1) is 0 Å². The van der Waals surface area contributed by atoms with Crippen molar-refractivity contribution < 1.29 is 18.0 Å². The number of anilines is 1. The third-order valence-corrected chi connectivity index (χ3v) is 8.23. The fourth-order valence-electron chi connectivity index (χ4n) is 3.81. The average molecular weight is 563 g/mol. The molecule has 3 rings (SSSR count). The molecule has 0 heterocycles. The predicted molar refractivity (Wildman–Crippen MR) is 147 cm³/mol. The highest BCUT2D eigenvalue weighted by Gasteiger charge is 2.33. The number of benzene rings is 3. The van der Waals surface area contributed by atoms with Crippen molar-refractivity contribution in [1.82, 2.24) is 10.2 Å². The first kappa shape index (κ1) is 28.5. The summed E-state index contributed by atoms with van der Waals surface area (Å²) in [6.07, 6.45) is 0. The predicted octanol–water partition coefficient (Wildman–Crippen LogP) is 5.05. The van der Waals surface area contributed by atoms with Crippen LogP contribution < -0.4 is 9.62 Å². The van der Waals surface area contributed by atoms with Gasteiger partial charge in [0.2, 0.25) is 11.8 Å². The van der Waals surface area contributed by atoms with Crippen molar-refractivity contribution >= 4 is 50.7 Å².